The van der Waals surface area contributed by atoms with Gasteiger partial charge < -0.3 is 0 Å². The van der Waals surface area contributed by atoms with Gasteiger partial charge in [-0.05, 0) is 0 Å². The minimum absolute atomic E-state index is 0.399. The van der Waals surface area contributed by atoms with Gasteiger partial charge in [0, 0.05) is 0 Å². The first-order valence-corrected chi connectivity index (χ1v) is 4.61. The molecule has 0 fully saturated rings. The summed E-state index contributed by atoms with van der Waals surface area (Å²) >= 11 is -5.63. The van der Waals surface area contributed by atoms with Gasteiger partial charge in [0.2, 0.25) is 0 Å². The molecule has 0 unspecified atom stereocenters. The standard InChI is InChI=1S/CHIO5/c3-1-7-2(4,5)6/h1H. The summed E-state index contributed by atoms with van der Waals surface area (Å²) in [5.41, 5.74) is 0. The highest BCUT2D eigenvalue weighted by Crippen LogP contribution is 1.19. The van der Waals surface area contributed by atoms with E-state index in [9.17, 15) is 10.3 Å². The number of hydrogen-bond donors (Lipinski definition) is 0. The Morgan fingerprint density at radius 3 is 1.86 bits per heavy atom. The summed E-state index contributed by atoms with van der Waals surface area (Å²) < 4.78 is 31.0. The van der Waals surface area contributed by atoms with E-state index in [-0.39, 0.29) is 0 Å². The highest BCUT2D eigenvalue weighted by molar-refractivity contribution is 5.35. The van der Waals surface area contributed by atoms with E-state index in [1.807, 2.05) is 0 Å². The lowest BCUT2D eigenvalue weighted by Crippen LogP contribution is -4.24. The van der Waals surface area contributed by atoms with Crippen LogP contribution < -0.4 is 30.4 Å². The van der Waals surface area contributed by atoms with Gasteiger partial charge in [-0.25, -0.2) is 15.1 Å². The molecule has 7 heavy (non-hydrogen) atoms. The molecule has 0 atom stereocenters. The molecule has 0 radical (unpaired) electrons. The molecule has 0 spiro atoms. The minimum atomic E-state index is -5.63. The molecule has 0 aromatic heterocycles. The quantitative estimate of drug-likeness (QED) is 0.340. The van der Waals surface area contributed by atoms with Crippen molar-refractivity contribution >= 4 is 6.47 Å². The van der Waals surface area contributed by atoms with E-state index in [4.69, 9.17) is 4.79 Å². The first-order chi connectivity index (χ1) is 3.06. The van der Waals surface area contributed by atoms with Crippen LogP contribution in [0.2, 0.25) is 0 Å². The highest BCUT2D eigenvalue weighted by Gasteiger charge is 2.24. The molecule has 5 nitrogen and oxygen atoms in total. The number of carbonyl (C=O) groups excluding carboxylic acids is 1. The predicted molar refractivity (Wildman–Crippen MR) is 7.15 cm³/mol. The van der Waals surface area contributed by atoms with Gasteiger partial charge in [0.05, 0.1) is 0 Å². The van der Waals surface area contributed by atoms with Crippen molar-refractivity contribution in [2.75, 3.05) is 0 Å². The SMILES string of the molecule is O=CO[I+3]([O-])([O-])[O-]. The number of carbonyl (C=O) groups is 1. The largest absolute Gasteiger partial charge is 0.444 e. The molecular formula is CHIO5. The Balaban J connectivity index is 3.34. The molecule has 6 heteroatoms. The summed E-state index contributed by atoms with van der Waals surface area (Å²) in [5.74, 6) is 0. The second-order valence-electron chi connectivity index (χ2n) is 0.563. The third-order valence-corrected chi connectivity index (χ3v) is 0.976. The van der Waals surface area contributed by atoms with Crippen molar-refractivity contribution in [2.24, 2.45) is 0 Å². The van der Waals surface area contributed by atoms with Crippen LogP contribution in [0.4, 0.5) is 0 Å². The average Bonchev–Trinajstić information content (AvgIpc) is 1.30. The fourth-order valence-electron chi connectivity index (χ4n) is 0.0445. The number of hydrogen-bond acceptors (Lipinski definition) is 5. The van der Waals surface area contributed by atoms with E-state index in [2.05, 4.69) is 3.07 Å². The van der Waals surface area contributed by atoms with Gasteiger partial charge in [-0.15, -0.1) is 0 Å². The Morgan fingerprint density at radius 2 is 1.86 bits per heavy atom. The van der Waals surface area contributed by atoms with Crippen LogP contribution in [0.1, 0.15) is 0 Å². The van der Waals surface area contributed by atoms with Gasteiger partial charge >= 0.3 is 26.6 Å². The molecule has 0 rings (SSSR count). The third kappa shape index (κ3) is 6.08. The number of rotatable bonds is 2. The molecule has 0 aliphatic heterocycles. The van der Waals surface area contributed by atoms with Gasteiger partial charge in [-0.2, -0.15) is 0 Å². The van der Waals surface area contributed by atoms with Crippen LogP contribution in [0.3, 0.4) is 0 Å². The van der Waals surface area contributed by atoms with Crippen LogP contribution in [0.5, 0.6) is 0 Å². The van der Waals surface area contributed by atoms with E-state index >= 15 is 0 Å². The zero-order chi connectivity index (χ0) is 5.91. The second kappa shape index (κ2) is 2.40. The van der Waals surface area contributed by atoms with Crippen LogP contribution in [-0.2, 0) is 7.86 Å². The molecule has 0 aromatic rings. The van der Waals surface area contributed by atoms with Crippen molar-refractivity contribution in [2.45, 2.75) is 0 Å². The molecule has 0 bridgehead atoms. The molecule has 0 saturated carbocycles. The summed E-state index contributed by atoms with van der Waals surface area (Å²) in [5, 5.41) is 0. The lowest BCUT2D eigenvalue weighted by molar-refractivity contribution is -1.91. The molecule has 0 saturated heterocycles. The molecule has 0 aliphatic carbocycles. The Bertz CT molecular complexity index is 63.0. The summed E-state index contributed by atoms with van der Waals surface area (Å²) in [7, 11) is 0. The normalized spacial score (nSPS) is 10.7. The summed E-state index contributed by atoms with van der Waals surface area (Å²) in [6, 6.07) is 0. The maximum atomic E-state index is 9.32. The lowest BCUT2D eigenvalue weighted by atomic mass is 11.7. The Labute approximate surface area is 45.2 Å². The second-order valence-corrected chi connectivity index (χ2v) is 3.23. The zero-order valence-corrected chi connectivity index (χ0v) is 5.15. The molecule has 0 amide bonds. The van der Waals surface area contributed by atoms with Gasteiger partial charge in [0.25, 0.3) is 0 Å². The lowest BCUT2D eigenvalue weighted by Gasteiger charge is -1.98. The van der Waals surface area contributed by atoms with Crippen molar-refractivity contribution < 1.29 is 38.3 Å². The molecule has 42 valence electrons. The fraction of sp³-hybridized carbons (Fsp3) is 0. The van der Waals surface area contributed by atoms with E-state index in [0.717, 1.165) is 0 Å². The molecular weight excluding hydrogens is 219 g/mol. The zero-order valence-electron chi connectivity index (χ0n) is 3.00. The maximum absolute atomic E-state index is 9.32. The fourth-order valence-corrected chi connectivity index (χ4v) is 0.299. The van der Waals surface area contributed by atoms with Crippen molar-refractivity contribution in [3.05, 3.63) is 0 Å². The summed E-state index contributed by atoms with van der Waals surface area (Å²) in [6.45, 7) is -0.399. The molecule has 0 aliphatic rings. The average molecular weight is 220 g/mol. The Hall–Kier alpha value is 0.0800. The number of halogens is 1. The highest BCUT2D eigenvalue weighted by atomic mass is 127. The van der Waals surface area contributed by atoms with Crippen LogP contribution in [0.15, 0.2) is 0 Å². The first-order valence-electron chi connectivity index (χ1n) is 1.09. The van der Waals surface area contributed by atoms with Crippen LogP contribution >= 0.6 is 0 Å². The first kappa shape index (κ1) is 7.08. The maximum Gasteiger partial charge on any atom is 0.444 e. The summed E-state index contributed by atoms with van der Waals surface area (Å²) in [4.78, 5) is 9.04. The Kier molecular flexibility index (Phi) is 2.43. The van der Waals surface area contributed by atoms with Crippen molar-refractivity contribution in [1.82, 2.24) is 0 Å². The summed E-state index contributed by atoms with van der Waals surface area (Å²) in [6.07, 6.45) is 0. The van der Waals surface area contributed by atoms with Gasteiger partial charge in [-0.1, -0.05) is 3.07 Å². The molecule has 0 N–H and O–H groups in total. The van der Waals surface area contributed by atoms with Gasteiger partial charge in [0.1, 0.15) is 0 Å². The van der Waals surface area contributed by atoms with Gasteiger partial charge in [0.15, 0.2) is 0 Å². The van der Waals surface area contributed by atoms with Crippen LogP contribution in [0.25, 0.3) is 0 Å². The van der Waals surface area contributed by atoms with E-state index in [0.29, 0.717) is 0 Å². The van der Waals surface area contributed by atoms with Crippen molar-refractivity contribution in [3.63, 3.8) is 0 Å². The third-order valence-electron chi connectivity index (χ3n) is 0.145. The Morgan fingerprint density at radius 1 is 1.43 bits per heavy atom. The van der Waals surface area contributed by atoms with Gasteiger partial charge in [-0.3, -0.25) is 0 Å². The minimum Gasteiger partial charge on any atom is -0.244 e. The molecule has 0 heterocycles. The van der Waals surface area contributed by atoms with E-state index in [1.54, 1.807) is 0 Å². The molecule has 0 aromatic carbocycles. The van der Waals surface area contributed by atoms with Crippen molar-refractivity contribution in [3.8, 4) is 0 Å². The topological polar surface area (TPSA) is 95.5 Å². The van der Waals surface area contributed by atoms with Crippen LogP contribution in [-0.4, -0.2) is 6.47 Å². The van der Waals surface area contributed by atoms with Crippen LogP contribution in [0, 0.1) is 0 Å². The predicted octanol–water partition coefficient (Wildman–Crippen LogP) is -6.94. The van der Waals surface area contributed by atoms with E-state index in [1.165, 1.54) is 0 Å². The van der Waals surface area contributed by atoms with Crippen molar-refractivity contribution in [1.29, 1.82) is 0 Å². The van der Waals surface area contributed by atoms with E-state index < -0.39 is 26.6 Å². The monoisotopic (exact) mass is 220 g/mol. The smallest absolute Gasteiger partial charge is 0.244 e.